The molecule has 0 saturated heterocycles. The van der Waals surface area contributed by atoms with E-state index < -0.39 is 17.6 Å². The van der Waals surface area contributed by atoms with Crippen LogP contribution in [0.4, 0.5) is 10.1 Å². The van der Waals surface area contributed by atoms with E-state index in [1.54, 1.807) is 18.2 Å². The lowest BCUT2D eigenvalue weighted by atomic mass is 10.1. The lowest BCUT2D eigenvalue weighted by Crippen LogP contribution is -2.18. The van der Waals surface area contributed by atoms with Crippen LogP contribution in [0.25, 0.3) is 0 Å². The Kier molecular flexibility index (Phi) is 5.84. The molecule has 0 fully saturated rings. The molecule has 0 aliphatic heterocycles. The van der Waals surface area contributed by atoms with Gasteiger partial charge in [-0.25, -0.2) is 9.82 Å². The van der Waals surface area contributed by atoms with Crippen LogP contribution in [0, 0.1) is 5.82 Å². The molecule has 7 nitrogen and oxygen atoms in total. The third-order valence-electron chi connectivity index (χ3n) is 3.88. The van der Waals surface area contributed by atoms with Crippen LogP contribution in [0.15, 0.2) is 71.8 Å². The number of nitrogens with zero attached hydrogens (tertiary/aromatic N) is 1. The maximum absolute atomic E-state index is 13.7. The van der Waals surface area contributed by atoms with Crippen molar-refractivity contribution in [2.75, 3.05) is 5.32 Å². The van der Waals surface area contributed by atoms with E-state index in [1.165, 1.54) is 48.7 Å². The quantitative estimate of drug-likeness (QED) is 0.394. The van der Waals surface area contributed by atoms with E-state index in [1.807, 2.05) is 0 Å². The zero-order valence-electron chi connectivity index (χ0n) is 15.0. The maximum Gasteiger partial charge on any atom is 0.271 e. The van der Waals surface area contributed by atoms with Gasteiger partial charge in [0.1, 0.15) is 17.3 Å². The Morgan fingerprint density at radius 1 is 0.931 bits per heavy atom. The lowest BCUT2D eigenvalue weighted by molar-refractivity contribution is 0.0953. The summed E-state index contributed by atoms with van der Waals surface area (Å²) in [5.41, 5.74) is 3.01. The molecular weight excluding hydrogens is 377 g/mol. The number of hydrogen-bond acceptors (Lipinski definition) is 5. The van der Waals surface area contributed by atoms with E-state index in [9.17, 15) is 24.2 Å². The third kappa shape index (κ3) is 4.95. The van der Waals surface area contributed by atoms with Crippen LogP contribution in [-0.2, 0) is 0 Å². The second-order valence-electron chi connectivity index (χ2n) is 5.96. The molecule has 0 aliphatic rings. The summed E-state index contributed by atoms with van der Waals surface area (Å²) in [6.45, 7) is 0. The number of rotatable bonds is 5. The van der Waals surface area contributed by atoms with Crippen molar-refractivity contribution >= 4 is 23.7 Å². The Balaban J connectivity index is 1.67. The van der Waals surface area contributed by atoms with Crippen molar-refractivity contribution < 1.29 is 24.2 Å². The van der Waals surface area contributed by atoms with Gasteiger partial charge in [-0.15, -0.1) is 0 Å². The molecule has 0 unspecified atom stereocenters. The minimum absolute atomic E-state index is 0.0991. The highest BCUT2D eigenvalue weighted by atomic mass is 19.1. The van der Waals surface area contributed by atoms with Gasteiger partial charge in [0, 0.05) is 22.9 Å². The predicted octanol–water partition coefficient (Wildman–Crippen LogP) is 3.25. The van der Waals surface area contributed by atoms with E-state index >= 15 is 0 Å². The van der Waals surface area contributed by atoms with Gasteiger partial charge in [0.2, 0.25) is 0 Å². The van der Waals surface area contributed by atoms with Crippen LogP contribution < -0.4 is 10.7 Å². The number of halogens is 1. The number of carbonyl (C=O) groups excluding carboxylic acids is 2. The second-order valence-corrected chi connectivity index (χ2v) is 5.96. The molecule has 3 aromatic carbocycles. The van der Waals surface area contributed by atoms with Crippen molar-refractivity contribution in [3.63, 3.8) is 0 Å². The first-order chi connectivity index (χ1) is 13.9. The largest absolute Gasteiger partial charge is 0.508 e. The van der Waals surface area contributed by atoms with Gasteiger partial charge < -0.3 is 15.5 Å². The van der Waals surface area contributed by atoms with Gasteiger partial charge in [-0.1, -0.05) is 18.2 Å². The van der Waals surface area contributed by atoms with E-state index in [0.717, 1.165) is 6.07 Å². The number of benzene rings is 3. The van der Waals surface area contributed by atoms with Gasteiger partial charge in [-0.05, 0) is 42.5 Å². The smallest absolute Gasteiger partial charge is 0.271 e. The van der Waals surface area contributed by atoms with Crippen LogP contribution >= 0.6 is 0 Å². The van der Waals surface area contributed by atoms with Crippen molar-refractivity contribution in [2.24, 2.45) is 5.10 Å². The zero-order valence-corrected chi connectivity index (χ0v) is 15.0. The van der Waals surface area contributed by atoms with Crippen molar-refractivity contribution in [3.05, 3.63) is 89.2 Å². The Morgan fingerprint density at radius 3 is 2.48 bits per heavy atom. The summed E-state index contributed by atoms with van der Waals surface area (Å²) in [6, 6.07) is 15.6. The van der Waals surface area contributed by atoms with Gasteiger partial charge in [-0.2, -0.15) is 5.10 Å². The molecule has 0 spiro atoms. The fourth-order valence-electron chi connectivity index (χ4n) is 2.45. The number of carbonyl (C=O) groups is 2. The number of hydrogen-bond donors (Lipinski definition) is 4. The Bertz CT molecular complexity index is 1100. The monoisotopic (exact) mass is 393 g/mol. The fraction of sp³-hybridized carbons (Fsp3) is 0. The molecule has 0 saturated carbocycles. The third-order valence-corrected chi connectivity index (χ3v) is 3.88. The fourth-order valence-corrected chi connectivity index (χ4v) is 2.45. The SMILES string of the molecule is O=C(N/N=C\c1ccc(O)cc1O)c1cccc(NC(=O)c2ccccc2F)c1. The van der Waals surface area contributed by atoms with Crippen LogP contribution in [0.1, 0.15) is 26.3 Å². The minimum atomic E-state index is -0.647. The number of aromatic hydroxyl groups is 2. The van der Waals surface area contributed by atoms with Crippen molar-refractivity contribution in [1.29, 1.82) is 0 Å². The molecule has 0 aliphatic carbocycles. The average Bonchev–Trinajstić information content (AvgIpc) is 2.70. The molecule has 8 heteroatoms. The minimum Gasteiger partial charge on any atom is -0.508 e. The molecule has 4 N–H and O–H groups in total. The summed E-state index contributed by atoms with van der Waals surface area (Å²) < 4.78 is 13.7. The summed E-state index contributed by atoms with van der Waals surface area (Å²) in [5.74, 6) is -2.13. The zero-order chi connectivity index (χ0) is 20.8. The number of phenols is 2. The van der Waals surface area contributed by atoms with E-state index in [0.29, 0.717) is 11.3 Å². The van der Waals surface area contributed by atoms with Crippen LogP contribution in [0.3, 0.4) is 0 Å². The van der Waals surface area contributed by atoms with E-state index in [4.69, 9.17) is 0 Å². The first-order valence-electron chi connectivity index (χ1n) is 8.45. The average molecular weight is 393 g/mol. The molecule has 0 radical (unpaired) electrons. The molecule has 29 heavy (non-hydrogen) atoms. The summed E-state index contributed by atoms with van der Waals surface area (Å²) in [6.07, 6.45) is 1.22. The molecule has 0 atom stereocenters. The molecule has 0 bridgehead atoms. The molecule has 0 heterocycles. The van der Waals surface area contributed by atoms with Crippen molar-refractivity contribution in [3.8, 4) is 11.5 Å². The summed E-state index contributed by atoms with van der Waals surface area (Å²) in [7, 11) is 0. The number of hydrazone groups is 1. The van der Waals surface area contributed by atoms with Gasteiger partial charge in [0.05, 0.1) is 11.8 Å². The van der Waals surface area contributed by atoms with Gasteiger partial charge in [-0.3, -0.25) is 9.59 Å². The van der Waals surface area contributed by atoms with E-state index in [2.05, 4.69) is 15.8 Å². The highest BCUT2D eigenvalue weighted by Gasteiger charge is 2.12. The van der Waals surface area contributed by atoms with E-state index in [-0.39, 0.29) is 22.6 Å². The maximum atomic E-state index is 13.7. The topological polar surface area (TPSA) is 111 Å². The lowest BCUT2D eigenvalue weighted by Gasteiger charge is -2.07. The summed E-state index contributed by atoms with van der Waals surface area (Å²) in [5, 5.41) is 25.2. The van der Waals surface area contributed by atoms with Crippen LogP contribution in [-0.4, -0.2) is 28.2 Å². The molecular formula is C21H16FN3O4. The summed E-state index contributed by atoms with van der Waals surface area (Å²) in [4.78, 5) is 24.4. The molecule has 146 valence electrons. The second kappa shape index (κ2) is 8.66. The van der Waals surface area contributed by atoms with Crippen LogP contribution in [0.2, 0.25) is 0 Å². The number of nitrogens with one attached hydrogen (secondary N) is 2. The highest BCUT2D eigenvalue weighted by molar-refractivity contribution is 6.05. The van der Waals surface area contributed by atoms with Crippen molar-refractivity contribution in [1.82, 2.24) is 5.43 Å². The molecule has 0 aromatic heterocycles. The Labute approximate surface area is 165 Å². The molecule has 3 rings (SSSR count). The molecule has 2 amide bonds. The number of amides is 2. The van der Waals surface area contributed by atoms with Gasteiger partial charge in [0.15, 0.2) is 0 Å². The number of phenolic OH excluding ortho intramolecular Hbond substituents is 2. The summed E-state index contributed by atoms with van der Waals surface area (Å²) >= 11 is 0. The number of anilines is 1. The normalized spacial score (nSPS) is 10.7. The highest BCUT2D eigenvalue weighted by Crippen LogP contribution is 2.20. The Hall–Kier alpha value is -4.20. The van der Waals surface area contributed by atoms with Crippen molar-refractivity contribution in [2.45, 2.75) is 0 Å². The van der Waals surface area contributed by atoms with Gasteiger partial charge in [0.25, 0.3) is 11.8 Å². The standard InChI is InChI=1S/C21H16FN3O4/c22-18-7-2-1-6-17(18)21(29)24-15-5-3-4-13(10-15)20(28)25-23-12-14-8-9-16(26)11-19(14)27/h1-12,26-27H,(H,24,29)(H,25,28)/b23-12-. The first kappa shape index (κ1) is 19.6. The van der Waals surface area contributed by atoms with Crippen LogP contribution in [0.5, 0.6) is 11.5 Å². The predicted molar refractivity (Wildman–Crippen MR) is 106 cm³/mol. The Morgan fingerprint density at radius 2 is 1.72 bits per heavy atom. The molecule has 3 aromatic rings. The first-order valence-corrected chi connectivity index (χ1v) is 8.45. The van der Waals surface area contributed by atoms with Gasteiger partial charge >= 0.3 is 0 Å².